The third kappa shape index (κ3) is 2.62. The molecule has 3 rings (SSSR count). The maximum Gasteiger partial charge on any atom is 0.0585 e. The predicted molar refractivity (Wildman–Crippen MR) is 88.5 cm³/mol. The molecule has 1 heterocycles. The molecule has 1 N–H and O–H groups in total. The molecule has 1 atom stereocenters. The standard InChI is InChI=1S/C18H19NS/c1-3-19-18(17-10-13(2)20-12-17)16-9-8-14-6-4-5-7-15(14)11-16/h4-12,18-19H,3H2,1-2H3. The summed E-state index contributed by atoms with van der Waals surface area (Å²) in [5.74, 6) is 0. The van der Waals surface area contributed by atoms with Crippen LogP contribution < -0.4 is 5.32 Å². The van der Waals surface area contributed by atoms with Crippen LogP contribution in [-0.2, 0) is 0 Å². The van der Waals surface area contributed by atoms with Gasteiger partial charge in [-0.05, 0) is 52.9 Å². The monoisotopic (exact) mass is 281 g/mol. The van der Waals surface area contributed by atoms with Gasteiger partial charge in [0.15, 0.2) is 0 Å². The first-order chi connectivity index (χ1) is 9.78. The van der Waals surface area contributed by atoms with Crippen LogP contribution in [0.1, 0.15) is 29.0 Å². The molecule has 0 radical (unpaired) electrons. The lowest BCUT2D eigenvalue weighted by Gasteiger charge is -2.18. The Bertz CT molecular complexity index is 714. The summed E-state index contributed by atoms with van der Waals surface area (Å²) in [7, 11) is 0. The fourth-order valence-corrected chi connectivity index (χ4v) is 3.36. The summed E-state index contributed by atoms with van der Waals surface area (Å²) < 4.78 is 0. The minimum Gasteiger partial charge on any atom is -0.307 e. The molecule has 2 aromatic carbocycles. The van der Waals surface area contributed by atoms with E-state index in [2.05, 4.69) is 73.1 Å². The zero-order chi connectivity index (χ0) is 13.9. The Morgan fingerprint density at radius 2 is 1.80 bits per heavy atom. The number of fused-ring (bicyclic) bond motifs is 1. The summed E-state index contributed by atoms with van der Waals surface area (Å²) in [5, 5.41) is 8.47. The molecule has 3 aromatic rings. The van der Waals surface area contributed by atoms with Crippen molar-refractivity contribution in [3.63, 3.8) is 0 Å². The molecule has 0 saturated carbocycles. The topological polar surface area (TPSA) is 12.0 Å². The number of hydrogen-bond donors (Lipinski definition) is 1. The summed E-state index contributed by atoms with van der Waals surface area (Å²) in [4.78, 5) is 1.36. The van der Waals surface area contributed by atoms with Crippen LogP contribution in [0.5, 0.6) is 0 Å². The van der Waals surface area contributed by atoms with Gasteiger partial charge in [-0.15, -0.1) is 11.3 Å². The van der Waals surface area contributed by atoms with Gasteiger partial charge in [-0.3, -0.25) is 0 Å². The van der Waals surface area contributed by atoms with Crippen LogP contribution in [0.4, 0.5) is 0 Å². The van der Waals surface area contributed by atoms with E-state index in [0.29, 0.717) is 0 Å². The summed E-state index contributed by atoms with van der Waals surface area (Å²) in [5.41, 5.74) is 2.70. The molecule has 102 valence electrons. The van der Waals surface area contributed by atoms with E-state index in [4.69, 9.17) is 0 Å². The van der Waals surface area contributed by atoms with Gasteiger partial charge < -0.3 is 5.32 Å². The van der Waals surface area contributed by atoms with Crippen LogP contribution in [0.3, 0.4) is 0 Å². The molecular formula is C18H19NS. The Hall–Kier alpha value is -1.64. The number of nitrogens with one attached hydrogen (secondary N) is 1. The highest BCUT2D eigenvalue weighted by molar-refractivity contribution is 7.10. The van der Waals surface area contributed by atoms with Crippen LogP contribution in [-0.4, -0.2) is 6.54 Å². The van der Waals surface area contributed by atoms with Crippen LogP contribution in [0.25, 0.3) is 10.8 Å². The van der Waals surface area contributed by atoms with Crippen LogP contribution in [0, 0.1) is 6.92 Å². The van der Waals surface area contributed by atoms with E-state index in [-0.39, 0.29) is 6.04 Å². The van der Waals surface area contributed by atoms with Crippen molar-refractivity contribution in [2.45, 2.75) is 19.9 Å². The van der Waals surface area contributed by atoms with Gasteiger partial charge in [-0.2, -0.15) is 0 Å². The minimum absolute atomic E-state index is 0.287. The van der Waals surface area contributed by atoms with E-state index in [0.717, 1.165) is 6.54 Å². The van der Waals surface area contributed by atoms with Gasteiger partial charge in [0.05, 0.1) is 6.04 Å². The van der Waals surface area contributed by atoms with Gasteiger partial charge in [-0.1, -0.05) is 43.3 Å². The van der Waals surface area contributed by atoms with Gasteiger partial charge in [0, 0.05) is 4.88 Å². The SMILES string of the molecule is CCNC(c1csc(C)c1)c1ccc2ccccc2c1. The molecule has 0 aliphatic heterocycles. The largest absolute Gasteiger partial charge is 0.307 e. The lowest BCUT2D eigenvalue weighted by molar-refractivity contribution is 0.633. The number of aryl methyl sites for hydroxylation is 1. The Labute approximate surface area is 124 Å². The van der Waals surface area contributed by atoms with Crippen molar-refractivity contribution in [1.29, 1.82) is 0 Å². The number of rotatable bonds is 4. The molecule has 1 nitrogen and oxygen atoms in total. The summed E-state index contributed by atoms with van der Waals surface area (Å²) >= 11 is 1.82. The van der Waals surface area contributed by atoms with Crippen molar-refractivity contribution in [3.8, 4) is 0 Å². The molecule has 1 aromatic heterocycles. The van der Waals surface area contributed by atoms with Gasteiger partial charge in [-0.25, -0.2) is 0 Å². The number of thiophene rings is 1. The fourth-order valence-electron chi connectivity index (χ4n) is 2.63. The molecule has 0 aliphatic carbocycles. The van der Waals surface area contributed by atoms with Gasteiger partial charge in [0.25, 0.3) is 0 Å². The Balaban J connectivity index is 2.04. The van der Waals surface area contributed by atoms with Crippen LogP contribution in [0.2, 0.25) is 0 Å². The highest BCUT2D eigenvalue weighted by Gasteiger charge is 2.14. The van der Waals surface area contributed by atoms with Crippen molar-refractivity contribution in [2.24, 2.45) is 0 Å². The van der Waals surface area contributed by atoms with E-state index in [1.165, 1.54) is 26.8 Å². The summed E-state index contributed by atoms with van der Waals surface area (Å²) in [6.45, 7) is 5.29. The van der Waals surface area contributed by atoms with Crippen molar-refractivity contribution < 1.29 is 0 Å². The van der Waals surface area contributed by atoms with E-state index < -0.39 is 0 Å². The molecular weight excluding hydrogens is 262 g/mol. The third-order valence-corrected chi connectivity index (χ3v) is 4.48. The minimum atomic E-state index is 0.287. The first kappa shape index (κ1) is 13.3. The second kappa shape index (κ2) is 5.78. The first-order valence-electron chi connectivity index (χ1n) is 7.05. The smallest absolute Gasteiger partial charge is 0.0585 e. The van der Waals surface area contributed by atoms with E-state index in [1.54, 1.807) is 0 Å². The van der Waals surface area contributed by atoms with Crippen molar-refractivity contribution in [2.75, 3.05) is 6.54 Å². The number of hydrogen-bond acceptors (Lipinski definition) is 2. The van der Waals surface area contributed by atoms with Crippen molar-refractivity contribution in [1.82, 2.24) is 5.32 Å². The Kier molecular flexibility index (Phi) is 3.86. The van der Waals surface area contributed by atoms with Gasteiger partial charge in [0.1, 0.15) is 0 Å². The Morgan fingerprint density at radius 1 is 1.00 bits per heavy atom. The molecule has 0 saturated heterocycles. The quantitative estimate of drug-likeness (QED) is 0.716. The molecule has 0 amide bonds. The highest BCUT2D eigenvalue weighted by atomic mass is 32.1. The van der Waals surface area contributed by atoms with E-state index in [9.17, 15) is 0 Å². The van der Waals surface area contributed by atoms with E-state index in [1.807, 2.05) is 11.3 Å². The Morgan fingerprint density at radius 3 is 2.50 bits per heavy atom. The summed E-state index contributed by atoms with van der Waals surface area (Å²) in [6.07, 6.45) is 0. The maximum atomic E-state index is 3.60. The normalized spacial score (nSPS) is 12.7. The van der Waals surface area contributed by atoms with Crippen molar-refractivity contribution in [3.05, 3.63) is 69.9 Å². The number of benzene rings is 2. The lowest BCUT2D eigenvalue weighted by atomic mass is 9.98. The van der Waals surface area contributed by atoms with Crippen LogP contribution in [0.15, 0.2) is 53.9 Å². The van der Waals surface area contributed by atoms with Crippen LogP contribution >= 0.6 is 11.3 Å². The molecule has 0 bridgehead atoms. The molecule has 20 heavy (non-hydrogen) atoms. The molecule has 0 spiro atoms. The highest BCUT2D eigenvalue weighted by Crippen LogP contribution is 2.28. The second-order valence-corrected chi connectivity index (χ2v) is 6.20. The summed E-state index contributed by atoms with van der Waals surface area (Å²) in [6, 6.07) is 17.9. The zero-order valence-electron chi connectivity index (χ0n) is 11.9. The first-order valence-corrected chi connectivity index (χ1v) is 7.93. The van der Waals surface area contributed by atoms with Gasteiger partial charge >= 0.3 is 0 Å². The molecule has 2 heteroatoms. The molecule has 1 unspecified atom stereocenters. The lowest BCUT2D eigenvalue weighted by Crippen LogP contribution is -2.21. The second-order valence-electron chi connectivity index (χ2n) is 5.09. The third-order valence-electron chi connectivity index (χ3n) is 3.60. The average Bonchev–Trinajstić information content (AvgIpc) is 2.90. The molecule has 0 aliphatic rings. The van der Waals surface area contributed by atoms with Gasteiger partial charge in [0.2, 0.25) is 0 Å². The molecule has 0 fully saturated rings. The zero-order valence-corrected chi connectivity index (χ0v) is 12.7. The fraction of sp³-hybridized carbons (Fsp3) is 0.222. The average molecular weight is 281 g/mol. The predicted octanol–water partition coefficient (Wildman–Crippen LogP) is 4.91. The van der Waals surface area contributed by atoms with E-state index >= 15 is 0 Å². The van der Waals surface area contributed by atoms with Crippen molar-refractivity contribution >= 4 is 22.1 Å². The maximum absolute atomic E-state index is 3.60.